The second-order valence-electron chi connectivity index (χ2n) is 2.80. The van der Waals surface area contributed by atoms with Gasteiger partial charge in [0.05, 0.1) is 0 Å². The fourth-order valence-corrected chi connectivity index (χ4v) is 1.11. The summed E-state index contributed by atoms with van der Waals surface area (Å²) in [6.07, 6.45) is 0. The van der Waals surface area contributed by atoms with E-state index in [0.717, 1.165) is 0 Å². The van der Waals surface area contributed by atoms with Crippen molar-refractivity contribution < 1.29 is 9.13 Å². The first kappa shape index (κ1) is 8.75. The Hall–Kier alpha value is -1.83. The van der Waals surface area contributed by atoms with E-state index in [-0.39, 0.29) is 5.82 Å². The molecule has 14 heavy (non-hydrogen) atoms. The Morgan fingerprint density at radius 2 is 1.93 bits per heavy atom. The van der Waals surface area contributed by atoms with E-state index in [1.165, 1.54) is 12.1 Å². The van der Waals surface area contributed by atoms with Crippen LogP contribution in [0.4, 0.5) is 4.39 Å². The average molecular weight is 187 g/mol. The Balaban J connectivity index is 2.19. The van der Waals surface area contributed by atoms with Crippen LogP contribution >= 0.6 is 0 Å². The largest absolute Gasteiger partial charge is 0.457 e. The third-order valence-electron chi connectivity index (χ3n) is 1.71. The second kappa shape index (κ2) is 3.92. The lowest BCUT2D eigenvalue weighted by Crippen LogP contribution is -1.83. The molecule has 0 aromatic heterocycles. The topological polar surface area (TPSA) is 9.23 Å². The highest BCUT2D eigenvalue weighted by molar-refractivity contribution is 5.30. The highest BCUT2D eigenvalue weighted by Gasteiger charge is 1.96. The smallest absolute Gasteiger partial charge is 0.130 e. The lowest BCUT2D eigenvalue weighted by Gasteiger charge is -2.04. The quantitative estimate of drug-likeness (QED) is 0.700. The van der Waals surface area contributed by atoms with Crippen molar-refractivity contribution in [1.82, 2.24) is 0 Å². The van der Waals surface area contributed by atoms with Gasteiger partial charge in [0.25, 0.3) is 0 Å². The van der Waals surface area contributed by atoms with Gasteiger partial charge in [0.15, 0.2) is 0 Å². The van der Waals surface area contributed by atoms with Crippen LogP contribution in [0.5, 0.6) is 11.5 Å². The van der Waals surface area contributed by atoms with Gasteiger partial charge >= 0.3 is 0 Å². The van der Waals surface area contributed by atoms with Gasteiger partial charge in [0.1, 0.15) is 17.3 Å². The molecule has 0 unspecified atom stereocenters. The van der Waals surface area contributed by atoms with E-state index in [0.29, 0.717) is 11.5 Å². The van der Waals surface area contributed by atoms with E-state index in [4.69, 9.17) is 4.74 Å². The maximum Gasteiger partial charge on any atom is 0.130 e. The van der Waals surface area contributed by atoms with Crippen LogP contribution in [-0.2, 0) is 0 Å². The molecule has 0 N–H and O–H groups in total. The zero-order chi connectivity index (χ0) is 9.80. The Kier molecular flexibility index (Phi) is 2.45. The molecule has 0 saturated heterocycles. The van der Waals surface area contributed by atoms with E-state index in [2.05, 4.69) is 6.07 Å². The van der Waals surface area contributed by atoms with Crippen molar-refractivity contribution in [3.05, 3.63) is 60.4 Å². The lowest BCUT2D eigenvalue weighted by molar-refractivity contribution is 0.476. The van der Waals surface area contributed by atoms with E-state index >= 15 is 0 Å². The van der Waals surface area contributed by atoms with E-state index in [9.17, 15) is 4.39 Å². The second-order valence-corrected chi connectivity index (χ2v) is 2.80. The first-order chi connectivity index (χ1) is 6.84. The van der Waals surface area contributed by atoms with Crippen molar-refractivity contribution in [2.45, 2.75) is 0 Å². The van der Waals surface area contributed by atoms with Gasteiger partial charge in [0, 0.05) is 6.07 Å². The fourth-order valence-electron chi connectivity index (χ4n) is 1.11. The molecular formula is C12H8FO. The van der Waals surface area contributed by atoms with Crippen LogP contribution in [0.3, 0.4) is 0 Å². The maximum absolute atomic E-state index is 12.8. The van der Waals surface area contributed by atoms with Gasteiger partial charge in [-0.05, 0) is 30.3 Å². The van der Waals surface area contributed by atoms with Gasteiger partial charge in [-0.2, -0.15) is 0 Å². The van der Waals surface area contributed by atoms with Crippen molar-refractivity contribution in [2.75, 3.05) is 0 Å². The number of halogens is 1. The summed E-state index contributed by atoms with van der Waals surface area (Å²) >= 11 is 0. The van der Waals surface area contributed by atoms with Crippen molar-refractivity contribution in [1.29, 1.82) is 0 Å². The minimum absolute atomic E-state index is 0.303. The highest BCUT2D eigenvalue weighted by atomic mass is 19.1. The molecule has 1 radical (unpaired) electrons. The van der Waals surface area contributed by atoms with Gasteiger partial charge in [-0.3, -0.25) is 0 Å². The maximum atomic E-state index is 12.8. The van der Waals surface area contributed by atoms with E-state index in [1.54, 1.807) is 30.3 Å². The van der Waals surface area contributed by atoms with E-state index in [1.807, 2.05) is 6.07 Å². The SMILES string of the molecule is Fc1cccc(Oc2c[c]ccc2)c1. The van der Waals surface area contributed by atoms with Crippen LogP contribution in [0, 0.1) is 11.9 Å². The molecule has 2 heteroatoms. The minimum Gasteiger partial charge on any atom is -0.457 e. The summed E-state index contributed by atoms with van der Waals surface area (Å²) < 4.78 is 18.2. The Morgan fingerprint density at radius 1 is 1.07 bits per heavy atom. The van der Waals surface area contributed by atoms with Crippen molar-refractivity contribution in [3.63, 3.8) is 0 Å². The summed E-state index contributed by atoms with van der Waals surface area (Å²) in [5, 5.41) is 0. The van der Waals surface area contributed by atoms with Crippen molar-refractivity contribution in [2.24, 2.45) is 0 Å². The molecule has 0 fully saturated rings. The standard InChI is InChI=1S/C12H8FO/c13-10-5-4-8-12(9-10)14-11-6-2-1-3-7-11/h1-2,4-9H. The molecule has 1 nitrogen and oxygen atoms in total. The Bertz CT molecular complexity index is 412. The molecule has 0 amide bonds. The van der Waals surface area contributed by atoms with Crippen molar-refractivity contribution in [3.8, 4) is 11.5 Å². The third-order valence-corrected chi connectivity index (χ3v) is 1.71. The van der Waals surface area contributed by atoms with E-state index < -0.39 is 0 Å². The predicted molar refractivity (Wildman–Crippen MR) is 51.8 cm³/mol. The molecule has 2 aromatic carbocycles. The number of hydrogen-bond acceptors (Lipinski definition) is 1. The summed E-state index contributed by atoms with van der Waals surface area (Å²) in [6, 6.07) is 16.0. The van der Waals surface area contributed by atoms with Crippen LogP contribution in [0.15, 0.2) is 48.5 Å². The zero-order valence-corrected chi connectivity index (χ0v) is 7.41. The molecule has 0 saturated carbocycles. The van der Waals surface area contributed by atoms with Crippen molar-refractivity contribution >= 4 is 0 Å². The Morgan fingerprint density at radius 3 is 2.64 bits per heavy atom. The van der Waals surface area contributed by atoms with Gasteiger partial charge in [0.2, 0.25) is 0 Å². The summed E-state index contributed by atoms with van der Waals surface area (Å²) in [5.74, 6) is 0.838. The van der Waals surface area contributed by atoms with Crippen LogP contribution < -0.4 is 4.74 Å². The molecule has 69 valence electrons. The number of hydrogen-bond donors (Lipinski definition) is 0. The molecule has 0 aliphatic carbocycles. The monoisotopic (exact) mass is 187 g/mol. The van der Waals surface area contributed by atoms with Gasteiger partial charge in [-0.15, -0.1) is 0 Å². The summed E-state index contributed by atoms with van der Waals surface area (Å²) in [7, 11) is 0. The van der Waals surface area contributed by atoms with Gasteiger partial charge in [-0.25, -0.2) is 4.39 Å². The first-order valence-electron chi connectivity index (χ1n) is 4.24. The number of benzene rings is 2. The Labute approximate surface area is 81.8 Å². The molecule has 0 spiro atoms. The summed E-state index contributed by atoms with van der Waals surface area (Å²) in [4.78, 5) is 0. The average Bonchev–Trinajstić information content (AvgIpc) is 2.19. The molecule has 0 bridgehead atoms. The van der Waals surface area contributed by atoms with Crippen LogP contribution in [0.2, 0.25) is 0 Å². The van der Waals surface area contributed by atoms with Crippen LogP contribution in [0.1, 0.15) is 0 Å². The molecule has 2 aromatic rings. The minimum atomic E-state index is -0.303. The molecule has 0 aliphatic heterocycles. The highest BCUT2D eigenvalue weighted by Crippen LogP contribution is 2.20. The predicted octanol–water partition coefficient (Wildman–Crippen LogP) is 3.42. The molecule has 0 heterocycles. The molecule has 0 aliphatic rings. The summed E-state index contributed by atoms with van der Waals surface area (Å²) in [6.45, 7) is 0. The fraction of sp³-hybridized carbons (Fsp3) is 0. The van der Waals surface area contributed by atoms with Gasteiger partial charge < -0.3 is 4.74 Å². The third kappa shape index (κ3) is 2.10. The first-order valence-corrected chi connectivity index (χ1v) is 4.24. The molecule has 0 atom stereocenters. The molecular weight excluding hydrogens is 179 g/mol. The van der Waals surface area contributed by atoms with Crippen LogP contribution in [0.25, 0.3) is 0 Å². The van der Waals surface area contributed by atoms with Crippen LogP contribution in [-0.4, -0.2) is 0 Å². The number of rotatable bonds is 2. The lowest BCUT2D eigenvalue weighted by atomic mass is 10.3. The zero-order valence-electron chi connectivity index (χ0n) is 7.41. The van der Waals surface area contributed by atoms with Gasteiger partial charge in [-0.1, -0.05) is 18.2 Å². The normalized spacial score (nSPS) is 9.79. The molecule has 2 rings (SSSR count). The summed E-state index contributed by atoms with van der Waals surface area (Å²) in [5.41, 5.74) is 0. The number of ether oxygens (including phenoxy) is 1.